The third-order valence-electron chi connectivity index (χ3n) is 1.83. The second-order valence-corrected chi connectivity index (χ2v) is 3.34. The first-order valence-electron chi connectivity index (χ1n) is 4.95. The summed E-state index contributed by atoms with van der Waals surface area (Å²) in [4.78, 5) is 11.0. The van der Waals surface area contributed by atoms with Crippen LogP contribution in [-0.2, 0) is 14.3 Å². The van der Waals surface area contributed by atoms with E-state index in [-0.39, 0.29) is 12.6 Å². The minimum absolute atomic E-state index is 0.195. The number of ether oxygens (including phenoxy) is 2. The van der Waals surface area contributed by atoms with Gasteiger partial charge >= 0.3 is 6.18 Å². The summed E-state index contributed by atoms with van der Waals surface area (Å²) in [5.41, 5.74) is 0. The molecule has 0 aliphatic carbocycles. The van der Waals surface area contributed by atoms with Gasteiger partial charge in [-0.1, -0.05) is 0 Å². The van der Waals surface area contributed by atoms with Crippen LogP contribution in [0.5, 0.6) is 0 Å². The summed E-state index contributed by atoms with van der Waals surface area (Å²) in [5.74, 6) is -0.713. The number of carbonyl (C=O) groups is 1. The highest BCUT2D eigenvalue weighted by Gasteiger charge is 2.27. The molecule has 17 heavy (non-hydrogen) atoms. The van der Waals surface area contributed by atoms with E-state index in [0.29, 0.717) is 13.2 Å². The number of methoxy groups -OCH3 is 2. The number of carbonyl (C=O) groups excluding carboxylic acids is 1. The summed E-state index contributed by atoms with van der Waals surface area (Å²) >= 11 is 0. The first-order valence-corrected chi connectivity index (χ1v) is 4.95. The van der Waals surface area contributed by atoms with Gasteiger partial charge in [0.25, 0.3) is 0 Å². The Balaban J connectivity index is 3.63. The van der Waals surface area contributed by atoms with Crippen LogP contribution in [0.1, 0.15) is 0 Å². The summed E-state index contributed by atoms with van der Waals surface area (Å²) in [6, 6.07) is 0. The zero-order valence-corrected chi connectivity index (χ0v) is 9.76. The van der Waals surface area contributed by atoms with Crippen LogP contribution in [0.2, 0.25) is 0 Å². The van der Waals surface area contributed by atoms with E-state index in [9.17, 15) is 18.0 Å². The molecule has 0 saturated carbocycles. The van der Waals surface area contributed by atoms with E-state index in [0.717, 1.165) is 0 Å². The maximum Gasteiger partial charge on any atom is 0.405 e. The number of hydrogen-bond acceptors (Lipinski definition) is 4. The molecular formula is C9H17F3N2O3. The standard InChI is InChI=1S/C9H17F3N2O3/c1-16-5-7(17-2)3-13-4-8(15)14-6-9(10,11)12/h7,13H,3-6H2,1-2H3,(H,14,15). The molecule has 5 nitrogen and oxygen atoms in total. The average molecular weight is 258 g/mol. The van der Waals surface area contributed by atoms with Gasteiger partial charge in [0, 0.05) is 20.8 Å². The van der Waals surface area contributed by atoms with Crippen LogP contribution in [0.15, 0.2) is 0 Å². The van der Waals surface area contributed by atoms with E-state index in [4.69, 9.17) is 9.47 Å². The van der Waals surface area contributed by atoms with Crippen molar-refractivity contribution in [3.05, 3.63) is 0 Å². The lowest BCUT2D eigenvalue weighted by atomic mass is 10.3. The molecule has 102 valence electrons. The van der Waals surface area contributed by atoms with Crippen molar-refractivity contribution in [3.63, 3.8) is 0 Å². The highest BCUT2D eigenvalue weighted by atomic mass is 19.4. The number of amides is 1. The summed E-state index contributed by atoms with van der Waals surface area (Å²) < 4.78 is 45.1. The molecule has 0 aromatic rings. The molecular weight excluding hydrogens is 241 g/mol. The van der Waals surface area contributed by atoms with Crippen LogP contribution < -0.4 is 10.6 Å². The first-order chi connectivity index (χ1) is 7.89. The smallest absolute Gasteiger partial charge is 0.382 e. The van der Waals surface area contributed by atoms with Gasteiger partial charge in [-0.2, -0.15) is 13.2 Å². The minimum Gasteiger partial charge on any atom is -0.382 e. The normalized spacial score (nSPS) is 13.5. The Hall–Kier alpha value is -0.860. The SMILES string of the molecule is COCC(CNCC(=O)NCC(F)(F)F)OC. The fourth-order valence-corrected chi connectivity index (χ4v) is 1.00. The lowest BCUT2D eigenvalue weighted by Gasteiger charge is -2.15. The molecule has 8 heteroatoms. The largest absolute Gasteiger partial charge is 0.405 e. The lowest BCUT2D eigenvalue weighted by Crippen LogP contribution is -2.41. The molecule has 0 rings (SSSR count). The Morgan fingerprint density at radius 3 is 2.47 bits per heavy atom. The van der Waals surface area contributed by atoms with Gasteiger partial charge in [-0.15, -0.1) is 0 Å². The van der Waals surface area contributed by atoms with Crippen LogP contribution in [-0.4, -0.2) is 58.6 Å². The molecule has 0 aromatic heterocycles. The van der Waals surface area contributed by atoms with Crippen molar-refractivity contribution in [2.75, 3.05) is 40.5 Å². The molecule has 0 aliphatic rings. The van der Waals surface area contributed by atoms with Crippen molar-refractivity contribution < 1.29 is 27.4 Å². The second kappa shape index (κ2) is 8.26. The van der Waals surface area contributed by atoms with Crippen LogP contribution in [0.3, 0.4) is 0 Å². The van der Waals surface area contributed by atoms with E-state index in [1.54, 1.807) is 5.32 Å². The molecule has 0 bridgehead atoms. The number of alkyl halides is 3. The summed E-state index contributed by atoms with van der Waals surface area (Å²) in [6.45, 7) is -0.851. The molecule has 0 saturated heterocycles. The Morgan fingerprint density at radius 1 is 1.35 bits per heavy atom. The molecule has 0 heterocycles. The lowest BCUT2D eigenvalue weighted by molar-refractivity contribution is -0.137. The quantitative estimate of drug-likeness (QED) is 0.639. The van der Waals surface area contributed by atoms with Gasteiger partial charge in [0.1, 0.15) is 6.54 Å². The highest BCUT2D eigenvalue weighted by molar-refractivity contribution is 5.77. The van der Waals surface area contributed by atoms with Crippen LogP contribution >= 0.6 is 0 Å². The van der Waals surface area contributed by atoms with E-state index < -0.39 is 18.6 Å². The Labute approximate surface area is 97.6 Å². The fraction of sp³-hybridized carbons (Fsp3) is 0.889. The Kier molecular flexibility index (Phi) is 7.85. The Morgan fingerprint density at radius 2 is 2.00 bits per heavy atom. The zero-order chi connectivity index (χ0) is 13.3. The van der Waals surface area contributed by atoms with Crippen molar-refractivity contribution in [2.24, 2.45) is 0 Å². The van der Waals surface area contributed by atoms with Crippen molar-refractivity contribution in [1.29, 1.82) is 0 Å². The van der Waals surface area contributed by atoms with Gasteiger partial charge in [-0.05, 0) is 0 Å². The molecule has 0 aromatic carbocycles. The van der Waals surface area contributed by atoms with Gasteiger partial charge < -0.3 is 20.1 Å². The van der Waals surface area contributed by atoms with E-state index in [1.807, 2.05) is 0 Å². The fourth-order valence-electron chi connectivity index (χ4n) is 1.00. The van der Waals surface area contributed by atoms with Gasteiger partial charge in [0.05, 0.1) is 19.3 Å². The summed E-state index contributed by atoms with van der Waals surface area (Å²) in [6.07, 6.45) is -4.63. The molecule has 1 atom stereocenters. The molecule has 0 radical (unpaired) electrons. The summed E-state index contributed by atoms with van der Waals surface area (Å²) in [7, 11) is 2.98. The van der Waals surface area contributed by atoms with E-state index in [1.165, 1.54) is 14.2 Å². The minimum atomic E-state index is -4.39. The average Bonchev–Trinajstić information content (AvgIpc) is 2.24. The number of nitrogens with one attached hydrogen (secondary N) is 2. The van der Waals surface area contributed by atoms with Gasteiger partial charge in [0.2, 0.25) is 5.91 Å². The monoisotopic (exact) mass is 258 g/mol. The van der Waals surface area contributed by atoms with Crippen LogP contribution in [0, 0.1) is 0 Å². The van der Waals surface area contributed by atoms with E-state index in [2.05, 4.69) is 5.32 Å². The van der Waals surface area contributed by atoms with Gasteiger partial charge in [-0.3, -0.25) is 4.79 Å². The van der Waals surface area contributed by atoms with Gasteiger partial charge in [0.15, 0.2) is 0 Å². The van der Waals surface area contributed by atoms with Crippen molar-refractivity contribution in [1.82, 2.24) is 10.6 Å². The molecule has 0 spiro atoms. The number of halogens is 3. The predicted octanol–water partition coefficient (Wildman–Crippen LogP) is -0.0841. The van der Waals surface area contributed by atoms with Crippen molar-refractivity contribution in [2.45, 2.75) is 12.3 Å². The first kappa shape index (κ1) is 16.1. The maximum absolute atomic E-state index is 11.7. The third kappa shape index (κ3) is 10.0. The molecule has 1 unspecified atom stereocenters. The molecule has 1 amide bonds. The van der Waals surface area contributed by atoms with Crippen LogP contribution in [0.25, 0.3) is 0 Å². The van der Waals surface area contributed by atoms with Gasteiger partial charge in [-0.25, -0.2) is 0 Å². The summed E-state index contributed by atoms with van der Waals surface area (Å²) in [5, 5.41) is 4.42. The predicted molar refractivity (Wildman–Crippen MR) is 54.6 cm³/mol. The highest BCUT2D eigenvalue weighted by Crippen LogP contribution is 2.11. The van der Waals surface area contributed by atoms with Crippen molar-refractivity contribution >= 4 is 5.91 Å². The maximum atomic E-state index is 11.7. The molecule has 2 N–H and O–H groups in total. The second-order valence-electron chi connectivity index (χ2n) is 3.34. The third-order valence-corrected chi connectivity index (χ3v) is 1.83. The Bertz CT molecular complexity index is 224. The topological polar surface area (TPSA) is 59.6 Å². The molecule has 0 fully saturated rings. The van der Waals surface area contributed by atoms with Crippen molar-refractivity contribution in [3.8, 4) is 0 Å². The zero-order valence-electron chi connectivity index (χ0n) is 9.76. The van der Waals surface area contributed by atoms with Crippen LogP contribution in [0.4, 0.5) is 13.2 Å². The number of hydrogen-bond donors (Lipinski definition) is 2. The van der Waals surface area contributed by atoms with E-state index >= 15 is 0 Å². The number of rotatable bonds is 8. The molecule has 0 aliphatic heterocycles.